The fourth-order valence-corrected chi connectivity index (χ4v) is 1.96. The van der Waals surface area contributed by atoms with E-state index in [2.05, 4.69) is 29.3 Å². The van der Waals surface area contributed by atoms with Crippen LogP contribution in [0.4, 0.5) is 0 Å². The van der Waals surface area contributed by atoms with Gasteiger partial charge in [0.15, 0.2) is 5.82 Å². The van der Waals surface area contributed by atoms with E-state index in [9.17, 15) is 0 Å². The van der Waals surface area contributed by atoms with Crippen LogP contribution in [0.3, 0.4) is 0 Å². The maximum absolute atomic E-state index is 5.24. The second-order valence-electron chi connectivity index (χ2n) is 4.77. The van der Waals surface area contributed by atoms with Gasteiger partial charge < -0.3 is 9.84 Å². The third-order valence-electron chi connectivity index (χ3n) is 2.73. The van der Waals surface area contributed by atoms with Gasteiger partial charge in [0.2, 0.25) is 5.89 Å². The Labute approximate surface area is 90.4 Å². The highest BCUT2D eigenvalue weighted by Gasteiger charge is 2.18. The summed E-state index contributed by atoms with van der Waals surface area (Å²) in [4.78, 5) is 4.41. The third kappa shape index (κ3) is 3.02. The van der Waals surface area contributed by atoms with Gasteiger partial charge in [0.1, 0.15) is 0 Å². The molecule has 4 nitrogen and oxygen atoms in total. The number of hydrogen-bond donors (Lipinski definition) is 1. The highest BCUT2D eigenvalue weighted by atomic mass is 16.5. The third-order valence-corrected chi connectivity index (χ3v) is 2.73. The monoisotopic (exact) mass is 209 g/mol. The normalized spacial score (nSPS) is 21.4. The van der Waals surface area contributed by atoms with Crippen molar-refractivity contribution in [2.45, 2.75) is 33.1 Å². The summed E-state index contributed by atoms with van der Waals surface area (Å²) < 4.78 is 5.24. The molecule has 2 heterocycles. The first-order valence-electron chi connectivity index (χ1n) is 5.76. The number of rotatable bonds is 4. The van der Waals surface area contributed by atoms with Crippen molar-refractivity contribution in [2.75, 3.05) is 13.1 Å². The lowest BCUT2D eigenvalue weighted by Crippen LogP contribution is -2.10. The summed E-state index contributed by atoms with van der Waals surface area (Å²) >= 11 is 0. The van der Waals surface area contributed by atoms with Gasteiger partial charge in [-0.25, -0.2) is 0 Å². The van der Waals surface area contributed by atoms with Gasteiger partial charge in [-0.1, -0.05) is 19.0 Å². The van der Waals surface area contributed by atoms with Crippen molar-refractivity contribution in [2.24, 2.45) is 11.8 Å². The van der Waals surface area contributed by atoms with Gasteiger partial charge in [-0.2, -0.15) is 4.98 Å². The van der Waals surface area contributed by atoms with Crippen LogP contribution in [0.5, 0.6) is 0 Å². The lowest BCUT2D eigenvalue weighted by molar-refractivity contribution is 0.352. The Hall–Kier alpha value is -0.900. The number of nitrogens with zero attached hydrogens (tertiary/aromatic N) is 2. The fraction of sp³-hybridized carbons (Fsp3) is 0.818. The molecule has 1 aromatic rings. The van der Waals surface area contributed by atoms with Crippen molar-refractivity contribution in [3.63, 3.8) is 0 Å². The van der Waals surface area contributed by atoms with Crippen LogP contribution in [0.2, 0.25) is 0 Å². The molecular weight excluding hydrogens is 190 g/mol. The number of hydrogen-bond acceptors (Lipinski definition) is 4. The van der Waals surface area contributed by atoms with E-state index < -0.39 is 0 Å². The molecule has 1 N–H and O–H groups in total. The van der Waals surface area contributed by atoms with Gasteiger partial charge in [0, 0.05) is 12.8 Å². The summed E-state index contributed by atoms with van der Waals surface area (Å²) in [5.74, 6) is 2.92. The zero-order chi connectivity index (χ0) is 10.7. The summed E-state index contributed by atoms with van der Waals surface area (Å²) in [6.07, 6.45) is 3.06. The maximum Gasteiger partial charge on any atom is 0.226 e. The first-order chi connectivity index (χ1) is 7.24. The van der Waals surface area contributed by atoms with Gasteiger partial charge in [-0.3, -0.25) is 0 Å². The van der Waals surface area contributed by atoms with Gasteiger partial charge in [-0.15, -0.1) is 0 Å². The SMILES string of the molecule is CC(C)Cc1noc(CC2CCNC2)n1. The van der Waals surface area contributed by atoms with Crippen molar-refractivity contribution in [1.29, 1.82) is 0 Å². The predicted octanol–water partition coefficient (Wildman–Crippen LogP) is 1.42. The van der Waals surface area contributed by atoms with E-state index in [1.807, 2.05) is 0 Å². The van der Waals surface area contributed by atoms with Crippen molar-refractivity contribution in [1.82, 2.24) is 15.5 Å². The summed E-state index contributed by atoms with van der Waals surface area (Å²) in [6, 6.07) is 0. The number of nitrogens with one attached hydrogen (secondary N) is 1. The lowest BCUT2D eigenvalue weighted by Gasteiger charge is -2.02. The molecule has 1 aliphatic heterocycles. The van der Waals surface area contributed by atoms with Crippen LogP contribution in [0.1, 0.15) is 32.0 Å². The molecule has 1 unspecified atom stereocenters. The minimum Gasteiger partial charge on any atom is -0.339 e. The molecular formula is C11H19N3O. The summed E-state index contributed by atoms with van der Waals surface area (Å²) in [6.45, 7) is 6.54. The molecule has 0 spiro atoms. The predicted molar refractivity (Wildman–Crippen MR) is 57.5 cm³/mol. The topological polar surface area (TPSA) is 51.0 Å². The van der Waals surface area contributed by atoms with Gasteiger partial charge >= 0.3 is 0 Å². The first-order valence-corrected chi connectivity index (χ1v) is 5.76. The maximum atomic E-state index is 5.24. The molecule has 0 aliphatic carbocycles. The Bertz CT molecular complexity index is 303. The molecule has 0 amide bonds. The van der Waals surface area contributed by atoms with Crippen molar-refractivity contribution in [3.05, 3.63) is 11.7 Å². The molecule has 1 aliphatic rings. The van der Waals surface area contributed by atoms with Crippen LogP contribution in [0, 0.1) is 11.8 Å². The van der Waals surface area contributed by atoms with Crippen LogP contribution in [0.25, 0.3) is 0 Å². The number of aromatic nitrogens is 2. The van der Waals surface area contributed by atoms with E-state index in [-0.39, 0.29) is 0 Å². The quantitative estimate of drug-likeness (QED) is 0.814. The molecule has 1 aromatic heterocycles. The highest BCUT2D eigenvalue weighted by molar-refractivity contribution is 4.90. The Balaban J connectivity index is 1.88. The molecule has 1 fully saturated rings. The summed E-state index contributed by atoms with van der Waals surface area (Å²) in [5, 5.41) is 7.33. The van der Waals surface area contributed by atoms with Gasteiger partial charge in [0.05, 0.1) is 0 Å². The smallest absolute Gasteiger partial charge is 0.226 e. The lowest BCUT2D eigenvalue weighted by atomic mass is 10.1. The molecule has 0 saturated carbocycles. The second-order valence-corrected chi connectivity index (χ2v) is 4.77. The summed E-state index contributed by atoms with van der Waals surface area (Å²) in [5.41, 5.74) is 0. The average Bonchev–Trinajstić information content (AvgIpc) is 2.77. The molecule has 0 aromatic carbocycles. The Morgan fingerprint density at radius 3 is 3.07 bits per heavy atom. The molecule has 1 atom stereocenters. The fourth-order valence-electron chi connectivity index (χ4n) is 1.96. The van der Waals surface area contributed by atoms with Crippen LogP contribution in [0.15, 0.2) is 4.52 Å². The van der Waals surface area contributed by atoms with Crippen LogP contribution >= 0.6 is 0 Å². The van der Waals surface area contributed by atoms with E-state index in [4.69, 9.17) is 4.52 Å². The zero-order valence-electron chi connectivity index (χ0n) is 9.49. The molecule has 15 heavy (non-hydrogen) atoms. The Morgan fingerprint density at radius 1 is 1.53 bits per heavy atom. The average molecular weight is 209 g/mol. The van der Waals surface area contributed by atoms with E-state index in [1.54, 1.807) is 0 Å². The summed E-state index contributed by atoms with van der Waals surface area (Å²) in [7, 11) is 0. The van der Waals surface area contributed by atoms with Gasteiger partial charge in [0.25, 0.3) is 0 Å². The molecule has 2 rings (SSSR count). The highest BCUT2D eigenvalue weighted by Crippen LogP contribution is 2.14. The minimum absolute atomic E-state index is 0.587. The van der Waals surface area contributed by atoms with Crippen LogP contribution in [-0.4, -0.2) is 23.2 Å². The Kier molecular flexibility index (Phi) is 3.36. The zero-order valence-corrected chi connectivity index (χ0v) is 9.49. The first kappa shape index (κ1) is 10.6. The largest absolute Gasteiger partial charge is 0.339 e. The van der Waals surface area contributed by atoms with Crippen molar-refractivity contribution in [3.8, 4) is 0 Å². The second kappa shape index (κ2) is 4.75. The van der Waals surface area contributed by atoms with Crippen LogP contribution < -0.4 is 5.32 Å². The molecule has 0 radical (unpaired) electrons. The van der Waals surface area contributed by atoms with E-state index in [0.29, 0.717) is 11.8 Å². The molecule has 84 valence electrons. The van der Waals surface area contributed by atoms with E-state index >= 15 is 0 Å². The molecule has 4 heteroatoms. The van der Waals surface area contributed by atoms with Crippen LogP contribution in [-0.2, 0) is 12.8 Å². The van der Waals surface area contributed by atoms with Crippen molar-refractivity contribution < 1.29 is 4.52 Å². The Morgan fingerprint density at radius 2 is 2.40 bits per heavy atom. The minimum atomic E-state index is 0.587. The van der Waals surface area contributed by atoms with E-state index in [1.165, 1.54) is 6.42 Å². The standard InChI is InChI=1S/C11H19N3O/c1-8(2)5-10-13-11(15-14-10)6-9-3-4-12-7-9/h8-9,12H,3-7H2,1-2H3. The molecule has 0 bridgehead atoms. The molecule has 1 saturated heterocycles. The van der Waals surface area contributed by atoms with E-state index in [0.717, 1.165) is 37.6 Å². The van der Waals surface area contributed by atoms with Crippen molar-refractivity contribution >= 4 is 0 Å². The van der Waals surface area contributed by atoms with Gasteiger partial charge in [-0.05, 0) is 31.3 Å².